The van der Waals surface area contributed by atoms with Crippen molar-refractivity contribution in [3.8, 4) is 0 Å². The Morgan fingerprint density at radius 1 is 0.889 bits per heavy atom. The molecule has 0 aromatic rings. The first-order valence-electron chi connectivity index (χ1n) is 17.7. The first-order chi connectivity index (χ1) is 21.5. The molecule has 0 spiro atoms. The predicted molar refractivity (Wildman–Crippen MR) is 170 cm³/mol. The van der Waals surface area contributed by atoms with Crippen LogP contribution in [-0.2, 0) is 28.6 Å². The summed E-state index contributed by atoms with van der Waals surface area (Å²) in [6, 6.07) is 0.156. The summed E-state index contributed by atoms with van der Waals surface area (Å²) in [6.07, 6.45) is 9.89. The van der Waals surface area contributed by atoms with Gasteiger partial charge in [0.05, 0.1) is 32.5 Å². The van der Waals surface area contributed by atoms with Gasteiger partial charge in [-0.25, -0.2) is 0 Å². The number of fused-ring (bicyclic) bond motifs is 5. The third kappa shape index (κ3) is 8.59. The summed E-state index contributed by atoms with van der Waals surface area (Å²) in [5, 5.41) is 27.0. The van der Waals surface area contributed by atoms with Gasteiger partial charge >= 0.3 is 5.97 Å². The fourth-order valence-electron chi connectivity index (χ4n) is 10.1. The molecule has 45 heavy (non-hydrogen) atoms. The van der Waals surface area contributed by atoms with Crippen molar-refractivity contribution < 1.29 is 38.8 Å². The minimum Gasteiger partial charge on any atom is -0.481 e. The van der Waals surface area contributed by atoms with Crippen LogP contribution in [0.5, 0.6) is 0 Å². The molecule has 2 amide bonds. The fraction of sp³-hybridized carbons (Fsp3) is 0.914. The molecule has 4 rings (SSSR count). The molecule has 0 aromatic heterocycles. The van der Waals surface area contributed by atoms with Crippen LogP contribution in [0.3, 0.4) is 0 Å². The molecule has 10 atom stereocenters. The minimum atomic E-state index is -0.731. The molecule has 10 heteroatoms. The summed E-state index contributed by atoms with van der Waals surface area (Å²) in [5.41, 5.74) is 0.0502. The van der Waals surface area contributed by atoms with Gasteiger partial charge in [0.25, 0.3) is 0 Å². The van der Waals surface area contributed by atoms with E-state index in [0.717, 1.165) is 44.9 Å². The van der Waals surface area contributed by atoms with Gasteiger partial charge in [0.1, 0.15) is 13.2 Å². The largest absolute Gasteiger partial charge is 0.481 e. The molecule has 0 aliphatic heterocycles. The number of ether oxygens (including phenoxy) is 3. The van der Waals surface area contributed by atoms with E-state index in [1.54, 1.807) is 0 Å². The molecule has 0 aromatic carbocycles. The highest BCUT2D eigenvalue weighted by molar-refractivity contribution is 5.77. The zero-order chi connectivity index (χ0) is 32.6. The van der Waals surface area contributed by atoms with E-state index in [1.807, 2.05) is 6.92 Å². The molecule has 8 unspecified atom stereocenters. The van der Waals surface area contributed by atoms with Crippen molar-refractivity contribution in [2.45, 2.75) is 110 Å². The molecule has 0 bridgehead atoms. The summed E-state index contributed by atoms with van der Waals surface area (Å²) >= 11 is 0. The predicted octanol–water partition coefficient (Wildman–Crippen LogP) is 4.18. The third-order valence-corrected chi connectivity index (χ3v) is 12.5. The van der Waals surface area contributed by atoms with E-state index in [0.29, 0.717) is 74.9 Å². The van der Waals surface area contributed by atoms with Gasteiger partial charge in [0.2, 0.25) is 11.8 Å². The zero-order valence-electron chi connectivity index (χ0n) is 28.2. The molecule has 4 N–H and O–H groups in total. The Kier molecular flexibility index (Phi) is 13.1. The molecular weight excluding hydrogens is 576 g/mol. The molecule has 0 saturated heterocycles. The Hall–Kier alpha value is -1.75. The quantitative estimate of drug-likeness (QED) is 0.174. The number of hydrogen-bond donors (Lipinski definition) is 4. The number of carboxylic acids is 1. The number of nitrogens with one attached hydrogen (secondary N) is 2. The number of aliphatic hydroxyl groups is 1. The van der Waals surface area contributed by atoms with Gasteiger partial charge in [-0.1, -0.05) is 27.7 Å². The Labute approximate surface area is 270 Å². The van der Waals surface area contributed by atoms with Crippen LogP contribution < -0.4 is 10.6 Å². The Morgan fingerprint density at radius 2 is 1.58 bits per heavy atom. The fourth-order valence-corrected chi connectivity index (χ4v) is 10.1. The van der Waals surface area contributed by atoms with Crippen molar-refractivity contribution in [1.29, 1.82) is 0 Å². The monoisotopic (exact) mass is 636 g/mol. The average molecular weight is 637 g/mol. The SMILES string of the molecule is CCCNC(=O)COCCOCCOCC(=O)NC1CCC2(C)C(CCC3C2C[C@H](O)C2(C)C3CCC2[C@H](C)CCC(=O)O)C1. The summed E-state index contributed by atoms with van der Waals surface area (Å²) in [4.78, 5) is 35.4. The second-order valence-electron chi connectivity index (χ2n) is 15.0. The van der Waals surface area contributed by atoms with E-state index in [4.69, 9.17) is 14.2 Å². The van der Waals surface area contributed by atoms with Crippen molar-refractivity contribution in [2.75, 3.05) is 46.2 Å². The second kappa shape index (κ2) is 16.4. The molecular formula is C35H60N2O8. The van der Waals surface area contributed by atoms with Gasteiger partial charge in [0.15, 0.2) is 0 Å². The number of rotatable bonds is 17. The molecule has 4 aliphatic carbocycles. The molecule has 0 radical (unpaired) electrons. The molecule has 4 saturated carbocycles. The van der Waals surface area contributed by atoms with E-state index in [2.05, 4.69) is 31.4 Å². The van der Waals surface area contributed by atoms with Crippen LogP contribution in [0.15, 0.2) is 0 Å². The van der Waals surface area contributed by atoms with Crippen molar-refractivity contribution >= 4 is 17.8 Å². The highest BCUT2D eigenvalue weighted by atomic mass is 16.5. The van der Waals surface area contributed by atoms with Crippen LogP contribution in [0, 0.1) is 46.3 Å². The number of aliphatic carboxylic acids is 1. The molecule has 4 aliphatic rings. The van der Waals surface area contributed by atoms with Gasteiger partial charge in [-0.2, -0.15) is 0 Å². The van der Waals surface area contributed by atoms with Crippen molar-refractivity contribution in [1.82, 2.24) is 10.6 Å². The smallest absolute Gasteiger partial charge is 0.303 e. The first-order valence-corrected chi connectivity index (χ1v) is 17.7. The summed E-state index contributed by atoms with van der Waals surface area (Å²) < 4.78 is 16.3. The highest BCUT2D eigenvalue weighted by Crippen LogP contribution is 2.68. The van der Waals surface area contributed by atoms with Gasteiger partial charge in [-0.15, -0.1) is 0 Å². The molecule has 4 fully saturated rings. The molecule has 258 valence electrons. The Morgan fingerprint density at radius 3 is 2.27 bits per heavy atom. The van der Waals surface area contributed by atoms with Crippen molar-refractivity contribution in [3.05, 3.63) is 0 Å². The number of hydrogen-bond acceptors (Lipinski definition) is 7. The van der Waals surface area contributed by atoms with E-state index >= 15 is 0 Å². The summed E-state index contributed by atoms with van der Waals surface area (Å²) in [6.45, 7) is 11.0. The van der Waals surface area contributed by atoms with Crippen LogP contribution in [0.1, 0.15) is 98.3 Å². The standard InChI is InChI=1S/C35H60N2O8/c1-5-14-36-31(39)21-44-17-15-43-16-18-45-22-32(40)37-25-12-13-34(3)24(19-25)7-8-26-28-10-9-27(23(2)6-11-33(41)42)35(28,4)30(38)20-29(26)34/h23-30,38H,5-22H2,1-4H3,(H,36,39)(H,37,40)(H,41,42)/t23-,24?,25?,26?,27?,28?,29?,30+,34?,35?/m1/s1. The van der Waals surface area contributed by atoms with Crippen molar-refractivity contribution in [3.63, 3.8) is 0 Å². The normalized spacial score (nSPS) is 36.3. The van der Waals surface area contributed by atoms with Gasteiger partial charge < -0.3 is 35.1 Å². The van der Waals surface area contributed by atoms with Crippen LogP contribution >= 0.6 is 0 Å². The maximum absolute atomic E-state index is 12.7. The first kappa shape index (κ1) is 36.1. The van der Waals surface area contributed by atoms with Gasteiger partial charge in [-0.3, -0.25) is 14.4 Å². The lowest BCUT2D eigenvalue weighted by Gasteiger charge is -2.62. The third-order valence-electron chi connectivity index (χ3n) is 12.5. The average Bonchev–Trinajstić information content (AvgIpc) is 3.37. The van der Waals surface area contributed by atoms with Gasteiger partial charge in [-0.05, 0) is 111 Å². The maximum atomic E-state index is 12.7. The van der Waals surface area contributed by atoms with Crippen LogP contribution in [-0.4, -0.2) is 86.3 Å². The van der Waals surface area contributed by atoms with E-state index in [9.17, 15) is 24.6 Å². The number of carbonyl (C=O) groups is 3. The van der Waals surface area contributed by atoms with Crippen LogP contribution in [0.4, 0.5) is 0 Å². The summed E-state index contributed by atoms with van der Waals surface area (Å²) in [7, 11) is 0. The topological polar surface area (TPSA) is 143 Å². The van der Waals surface area contributed by atoms with Gasteiger partial charge in [0, 0.05) is 19.0 Å². The molecule has 10 nitrogen and oxygen atoms in total. The number of amides is 2. The lowest BCUT2D eigenvalue weighted by Crippen LogP contribution is -2.59. The molecule has 0 heterocycles. The van der Waals surface area contributed by atoms with E-state index in [1.165, 1.54) is 12.8 Å². The Balaban J connectivity index is 1.17. The number of aliphatic hydroxyl groups excluding tert-OH is 1. The van der Waals surface area contributed by atoms with E-state index < -0.39 is 5.97 Å². The lowest BCUT2D eigenvalue weighted by molar-refractivity contribution is -0.170. The van der Waals surface area contributed by atoms with Crippen molar-refractivity contribution in [2.24, 2.45) is 46.3 Å². The van der Waals surface area contributed by atoms with Crippen LogP contribution in [0.25, 0.3) is 0 Å². The maximum Gasteiger partial charge on any atom is 0.303 e. The lowest BCUT2D eigenvalue weighted by atomic mass is 9.43. The Bertz CT molecular complexity index is 995. The number of carboxylic acid groups (broad SMARTS) is 1. The number of carbonyl (C=O) groups excluding carboxylic acids is 2. The zero-order valence-corrected chi connectivity index (χ0v) is 28.2. The minimum absolute atomic E-state index is 0.0130. The highest BCUT2D eigenvalue weighted by Gasteiger charge is 2.63. The van der Waals surface area contributed by atoms with E-state index in [-0.39, 0.29) is 54.4 Å². The second-order valence-corrected chi connectivity index (χ2v) is 15.0. The van der Waals surface area contributed by atoms with Crippen LogP contribution in [0.2, 0.25) is 0 Å². The summed E-state index contributed by atoms with van der Waals surface area (Å²) in [5.74, 6) is 1.91.